The van der Waals surface area contributed by atoms with Gasteiger partial charge in [0, 0.05) is 6.42 Å². The van der Waals surface area contributed by atoms with Crippen molar-refractivity contribution in [2.24, 2.45) is 5.92 Å². The normalized spacial score (nSPS) is 14.6. The number of amides is 1. The lowest BCUT2D eigenvalue weighted by atomic mass is 10.0. The second-order valence-electron chi connectivity index (χ2n) is 7.18. The summed E-state index contributed by atoms with van der Waals surface area (Å²) in [4.78, 5) is 23.6. The molecule has 1 fully saturated rings. The lowest BCUT2D eigenvalue weighted by Crippen LogP contribution is -2.35. The van der Waals surface area contributed by atoms with Crippen LogP contribution in [0.2, 0.25) is 0 Å². The Bertz CT molecular complexity index is 886. The summed E-state index contributed by atoms with van der Waals surface area (Å²) in [5, 5.41) is 13.9. The number of carboxylic acids is 1. The van der Waals surface area contributed by atoms with Gasteiger partial charge in [0.1, 0.15) is 11.5 Å². The summed E-state index contributed by atoms with van der Waals surface area (Å²) in [5.74, 6) is 0.281. The maximum Gasteiger partial charge on any atom is 0.224 e. The Labute approximate surface area is 184 Å². The highest BCUT2D eigenvalue weighted by Crippen LogP contribution is 2.28. The van der Waals surface area contributed by atoms with E-state index >= 15 is 0 Å². The molecule has 1 saturated carbocycles. The zero-order valence-corrected chi connectivity index (χ0v) is 18.2. The number of carboxylic acid groups (broad SMARTS) is 1. The van der Waals surface area contributed by atoms with E-state index in [2.05, 4.69) is 27.9 Å². The van der Waals surface area contributed by atoms with Gasteiger partial charge in [0.15, 0.2) is 0 Å². The van der Waals surface area contributed by atoms with Gasteiger partial charge in [0.25, 0.3) is 0 Å². The molecule has 6 heteroatoms. The van der Waals surface area contributed by atoms with Crippen molar-refractivity contribution in [3.05, 3.63) is 63.4 Å². The molecule has 1 aliphatic carbocycles. The molecule has 0 unspecified atom stereocenters. The molecule has 5 nitrogen and oxygen atoms in total. The number of carbonyl (C=O) groups is 2. The average molecular weight is 504 g/mol. The fraction of sp³-hybridized carbons (Fsp3) is 0.304. The molecule has 2 aromatic carbocycles. The van der Waals surface area contributed by atoms with Gasteiger partial charge in [-0.2, -0.15) is 0 Å². The molecule has 1 amide bonds. The monoisotopic (exact) mass is 504 g/mol. The van der Waals surface area contributed by atoms with E-state index in [-0.39, 0.29) is 11.6 Å². The number of para-hydroxylation sites is 1. The molecule has 0 atom stereocenters. The van der Waals surface area contributed by atoms with Gasteiger partial charge in [-0.25, -0.2) is 0 Å². The van der Waals surface area contributed by atoms with E-state index in [0.29, 0.717) is 23.7 Å². The molecule has 152 valence electrons. The molecule has 1 N–H and O–H groups in total. The molecule has 0 radical (unpaired) electrons. The topological polar surface area (TPSA) is 78.5 Å². The number of rotatable bonds is 8. The van der Waals surface area contributed by atoms with Crippen LogP contribution < -0.4 is 15.2 Å². The summed E-state index contributed by atoms with van der Waals surface area (Å²) in [5.41, 5.74) is 0.406. The zero-order chi connectivity index (χ0) is 20.6. The number of hydrogen-bond acceptors (Lipinski definition) is 4. The Hall–Kier alpha value is -2.35. The molecule has 0 bridgehead atoms. The van der Waals surface area contributed by atoms with E-state index in [1.807, 2.05) is 24.3 Å². The molecule has 0 spiro atoms. The van der Waals surface area contributed by atoms with E-state index in [9.17, 15) is 14.7 Å². The van der Waals surface area contributed by atoms with Crippen molar-refractivity contribution in [2.45, 2.75) is 38.5 Å². The minimum absolute atomic E-state index is 0.229. The fourth-order valence-corrected chi connectivity index (χ4v) is 3.94. The molecule has 0 aromatic heterocycles. The Balaban J connectivity index is 1.61. The van der Waals surface area contributed by atoms with Crippen LogP contribution in [0.15, 0.2) is 54.2 Å². The highest BCUT2D eigenvalue weighted by molar-refractivity contribution is 14.1. The molecule has 0 saturated heterocycles. The largest absolute Gasteiger partial charge is 0.543 e. The van der Waals surface area contributed by atoms with Crippen LogP contribution in [0.5, 0.6) is 11.5 Å². The second kappa shape index (κ2) is 10.4. The lowest BCUT2D eigenvalue weighted by molar-refractivity contribution is -0.299. The van der Waals surface area contributed by atoms with Gasteiger partial charge < -0.3 is 20.0 Å². The van der Waals surface area contributed by atoms with Crippen molar-refractivity contribution in [2.75, 3.05) is 0 Å². The first-order chi connectivity index (χ1) is 14.0. The summed E-state index contributed by atoms with van der Waals surface area (Å²) in [6.07, 6.45) is 7.30. The smallest absolute Gasteiger partial charge is 0.224 e. The fourth-order valence-electron chi connectivity index (χ4n) is 3.45. The summed E-state index contributed by atoms with van der Waals surface area (Å²) < 4.78 is 6.83. The Morgan fingerprint density at radius 1 is 1.10 bits per heavy atom. The molecule has 2 aromatic rings. The third kappa shape index (κ3) is 6.59. The maximum absolute atomic E-state index is 12.1. The van der Waals surface area contributed by atoms with Crippen LogP contribution in [0.4, 0.5) is 0 Å². The van der Waals surface area contributed by atoms with E-state index in [1.54, 1.807) is 24.3 Å². The van der Waals surface area contributed by atoms with E-state index in [1.165, 1.54) is 18.9 Å². The third-order valence-corrected chi connectivity index (χ3v) is 5.90. The third-order valence-electron chi connectivity index (χ3n) is 5.00. The van der Waals surface area contributed by atoms with Crippen molar-refractivity contribution < 1.29 is 19.4 Å². The van der Waals surface area contributed by atoms with E-state index in [4.69, 9.17) is 4.74 Å². The Kier molecular flexibility index (Phi) is 7.69. The van der Waals surface area contributed by atoms with Crippen LogP contribution in [0.1, 0.15) is 44.1 Å². The summed E-state index contributed by atoms with van der Waals surface area (Å²) in [7, 11) is 0. The summed E-state index contributed by atoms with van der Waals surface area (Å²) in [6, 6.07) is 14.6. The van der Waals surface area contributed by atoms with Gasteiger partial charge in [-0.1, -0.05) is 49.9 Å². The second-order valence-corrected chi connectivity index (χ2v) is 8.35. The van der Waals surface area contributed by atoms with Gasteiger partial charge in [-0.3, -0.25) is 4.79 Å². The Morgan fingerprint density at radius 3 is 2.45 bits per heavy atom. The van der Waals surface area contributed by atoms with Crippen LogP contribution in [0.25, 0.3) is 6.08 Å². The summed E-state index contributed by atoms with van der Waals surface area (Å²) in [6.45, 7) is 0. The van der Waals surface area contributed by atoms with Gasteiger partial charge >= 0.3 is 0 Å². The van der Waals surface area contributed by atoms with Crippen molar-refractivity contribution >= 4 is 40.5 Å². The van der Waals surface area contributed by atoms with Crippen molar-refractivity contribution in [1.82, 2.24) is 5.32 Å². The molecule has 0 aliphatic heterocycles. The van der Waals surface area contributed by atoms with E-state index in [0.717, 1.165) is 28.6 Å². The van der Waals surface area contributed by atoms with Crippen molar-refractivity contribution in [3.63, 3.8) is 0 Å². The molecule has 0 heterocycles. The van der Waals surface area contributed by atoms with Crippen molar-refractivity contribution in [1.29, 1.82) is 0 Å². The zero-order valence-electron chi connectivity index (χ0n) is 16.0. The van der Waals surface area contributed by atoms with Crippen LogP contribution in [-0.4, -0.2) is 11.9 Å². The number of ether oxygens (including phenoxy) is 1. The number of benzene rings is 2. The lowest BCUT2D eigenvalue weighted by Gasteiger charge is -2.13. The maximum atomic E-state index is 12.1. The quantitative estimate of drug-likeness (QED) is 0.431. The van der Waals surface area contributed by atoms with Crippen LogP contribution in [0, 0.1) is 9.49 Å². The molecule has 1 aliphatic rings. The highest BCUT2D eigenvalue weighted by Gasteiger charge is 2.16. The highest BCUT2D eigenvalue weighted by atomic mass is 127. The number of aliphatic carboxylic acids is 1. The predicted molar refractivity (Wildman–Crippen MR) is 118 cm³/mol. The average Bonchev–Trinajstić information content (AvgIpc) is 3.23. The minimum atomic E-state index is -1.40. The van der Waals surface area contributed by atoms with Crippen LogP contribution >= 0.6 is 22.6 Å². The first-order valence-electron chi connectivity index (χ1n) is 9.76. The summed E-state index contributed by atoms with van der Waals surface area (Å²) >= 11 is 2.20. The van der Waals surface area contributed by atoms with Gasteiger partial charge in [-0.15, -0.1) is 0 Å². The first-order valence-corrected chi connectivity index (χ1v) is 10.8. The first kappa shape index (κ1) is 21.4. The predicted octanol–water partition coefficient (Wildman–Crippen LogP) is 4.26. The Morgan fingerprint density at radius 2 is 1.79 bits per heavy atom. The molecular formula is C23H23INO4-. The standard InChI is InChI=1S/C23H24INO4/c24-19-7-3-4-8-21(19)29-18-12-9-17(10-13-18)15-20(23(27)28)25-22(26)14-11-16-5-1-2-6-16/h3-4,7-10,12-13,15-16H,1-2,5-6,11,14H2,(H,25,26)(H,27,28)/p-1/b20-15-. The number of hydrogen-bond donors (Lipinski definition) is 1. The minimum Gasteiger partial charge on any atom is -0.543 e. The molecular weight excluding hydrogens is 481 g/mol. The molecule has 3 rings (SSSR count). The molecule has 29 heavy (non-hydrogen) atoms. The van der Waals surface area contributed by atoms with Gasteiger partial charge in [0.05, 0.1) is 15.2 Å². The SMILES string of the molecule is O=C(CCC1CCCC1)N/C(=C\c1ccc(Oc2ccccc2I)cc1)C(=O)[O-]. The van der Waals surface area contributed by atoms with Gasteiger partial charge in [0.2, 0.25) is 5.91 Å². The number of halogens is 1. The number of carbonyl (C=O) groups excluding carboxylic acids is 2. The van der Waals surface area contributed by atoms with Crippen LogP contribution in [0.3, 0.4) is 0 Å². The van der Waals surface area contributed by atoms with Crippen LogP contribution in [-0.2, 0) is 9.59 Å². The van der Waals surface area contributed by atoms with Crippen molar-refractivity contribution in [3.8, 4) is 11.5 Å². The van der Waals surface area contributed by atoms with Gasteiger partial charge in [-0.05, 0) is 70.8 Å². The number of nitrogens with one attached hydrogen (secondary N) is 1. The van der Waals surface area contributed by atoms with E-state index < -0.39 is 5.97 Å².